The Labute approximate surface area is 117 Å². The van der Waals surface area contributed by atoms with Gasteiger partial charge in [-0.15, -0.1) is 0 Å². The predicted molar refractivity (Wildman–Crippen MR) is 76.3 cm³/mol. The van der Waals surface area contributed by atoms with Gasteiger partial charge < -0.3 is 14.6 Å². The molecule has 0 spiro atoms. The molecule has 4 heteroatoms. The third-order valence-corrected chi connectivity index (χ3v) is 3.64. The molecule has 0 saturated heterocycles. The molecule has 0 amide bonds. The van der Waals surface area contributed by atoms with E-state index in [-0.39, 0.29) is 0 Å². The zero-order chi connectivity index (χ0) is 13.7. The number of aliphatic hydroxyl groups excluding tert-OH is 1. The van der Waals surface area contributed by atoms with Gasteiger partial charge in [0.15, 0.2) is 0 Å². The number of halogens is 1. The molecule has 1 rings (SSSR count). The predicted octanol–water partition coefficient (Wildman–Crippen LogP) is 3.94. The van der Waals surface area contributed by atoms with E-state index in [1.54, 1.807) is 14.2 Å². The van der Waals surface area contributed by atoms with E-state index in [9.17, 15) is 5.11 Å². The molecule has 0 fully saturated rings. The van der Waals surface area contributed by atoms with E-state index in [4.69, 9.17) is 9.47 Å². The topological polar surface area (TPSA) is 38.7 Å². The van der Waals surface area contributed by atoms with Crippen molar-refractivity contribution >= 4 is 15.9 Å². The number of methoxy groups -OCH3 is 2. The van der Waals surface area contributed by atoms with Crippen LogP contribution in [0.3, 0.4) is 0 Å². The van der Waals surface area contributed by atoms with Crippen molar-refractivity contribution in [3.63, 3.8) is 0 Å². The lowest BCUT2D eigenvalue weighted by Gasteiger charge is -2.18. The number of hydrogen-bond donors (Lipinski definition) is 1. The van der Waals surface area contributed by atoms with Crippen LogP contribution in [0.1, 0.15) is 38.4 Å². The molecule has 1 N–H and O–H groups in total. The Morgan fingerprint density at radius 3 is 2.33 bits per heavy atom. The van der Waals surface area contributed by atoms with E-state index in [1.165, 1.54) is 0 Å². The Morgan fingerprint density at radius 1 is 1.17 bits per heavy atom. The molecule has 0 heterocycles. The van der Waals surface area contributed by atoms with Crippen LogP contribution in [0, 0.1) is 5.92 Å². The summed E-state index contributed by atoms with van der Waals surface area (Å²) < 4.78 is 11.3. The number of benzene rings is 1. The molecule has 0 aliphatic carbocycles. The molecule has 1 unspecified atom stereocenters. The first-order valence-corrected chi connectivity index (χ1v) is 6.89. The van der Waals surface area contributed by atoms with E-state index in [0.717, 1.165) is 22.9 Å². The average Bonchev–Trinajstić information content (AvgIpc) is 2.35. The highest BCUT2D eigenvalue weighted by atomic mass is 79.9. The standard InChI is InChI=1S/C14H21BrO3/c1-9(2)5-7-11(16)10-6-8-12(17-3)13(15)14(10)18-4/h6,8-9,11,16H,5,7H2,1-4H3. The second-order valence-corrected chi connectivity index (χ2v) is 5.48. The van der Waals surface area contributed by atoms with Gasteiger partial charge in [-0.05, 0) is 46.8 Å². The normalized spacial score (nSPS) is 12.6. The van der Waals surface area contributed by atoms with Crippen LogP contribution in [0.25, 0.3) is 0 Å². The molecule has 0 aliphatic heterocycles. The van der Waals surface area contributed by atoms with Gasteiger partial charge in [0, 0.05) is 5.56 Å². The molecule has 0 aromatic heterocycles. The van der Waals surface area contributed by atoms with Crippen molar-refractivity contribution in [3.8, 4) is 11.5 Å². The maximum Gasteiger partial charge on any atom is 0.142 e. The van der Waals surface area contributed by atoms with Crippen LogP contribution in [0.4, 0.5) is 0 Å². The van der Waals surface area contributed by atoms with Gasteiger partial charge in [0.2, 0.25) is 0 Å². The molecule has 1 aromatic rings. The van der Waals surface area contributed by atoms with E-state index >= 15 is 0 Å². The van der Waals surface area contributed by atoms with Crippen LogP contribution >= 0.6 is 15.9 Å². The maximum atomic E-state index is 10.2. The van der Waals surface area contributed by atoms with Crippen molar-refractivity contribution in [2.24, 2.45) is 5.92 Å². The molecule has 1 atom stereocenters. The third-order valence-electron chi connectivity index (χ3n) is 2.89. The maximum absolute atomic E-state index is 10.2. The Balaban J connectivity index is 2.97. The Bertz CT molecular complexity index is 391. The second-order valence-electron chi connectivity index (χ2n) is 4.69. The van der Waals surface area contributed by atoms with Gasteiger partial charge in [-0.25, -0.2) is 0 Å². The largest absolute Gasteiger partial charge is 0.495 e. The highest BCUT2D eigenvalue weighted by Gasteiger charge is 2.18. The fourth-order valence-electron chi connectivity index (χ4n) is 1.83. The van der Waals surface area contributed by atoms with E-state index in [1.807, 2.05) is 12.1 Å². The van der Waals surface area contributed by atoms with Gasteiger partial charge in [0.1, 0.15) is 16.0 Å². The van der Waals surface area contributed by atoms with Crippen LogP contribution < -0.4 is 9.47 Å². The smallest absolute Gasteiger partial charge is 0.142 e. The summed E-state index contributed by atoms with van der Waals surface area (Å²) in [6.07, 6.45) is 1.20. The number of ether oxygens (including phenoxy) is 2. The second kappa shape index (κ2) is 7.00. The lowest BCUT2D eigenvalue weighted by molar-refractivity contribution is 0.155. The van der Waals surface area contributed by atoms with Crippen molar-refractivity contribution in [1.29, 1.82) is 0 Å². The summed E-state index contributed by atoms with van der Waals surface area (Å²) in [4.78, 5) is 0. The number of aliphatic hydroxyl groups is 1. The molecule has 1 aromatic carbocycles. The summed E-state index contributed by atoms with van der Waals surface area (Å²) in [5.74, 6) is 1.92. The fraction of sp³-hybridized carbons (Fsp3) is 0.571. The molecule has 0 radical (unpaired) electrons. The molecular weight excluding hydrogens is 296 g/mol. The summed E-state index contributed by atoms with van der Waals surface area (Å²) in [6.45, 7) is 4.29. The van der Waals surface area contributed by atoms with Crippen molar-refractivity contribution < 1.29 is 14.6 Å². The molecule has 18 heavy (non-hydrogen) atoms. The van der Waals surface area contributed by atoms with Gasteiger partial charge in [-0.3, -0.25) is 0 Å². The third kappa shape index (κ3) is 3.62. The van der Waals surface area contributed by atoms with E-state index < -0.39 is 6.10 Å². The summed E-state index contributed by atoms with van der Waals surface area (Å²) in [5, 5.41) is 10.2. The van der Waals surface area contributed by atoms with Gasteiger partial charge in [-0.1, -0.05) is 13.8 Å². The van der Waals surface area contributed by atoms with E-state index in [2.05, 4.69) is 29.8 Å². The first-order valence-electron chi connectivity index (χ1n) is 6.09. The van der Waals surface area contributed by atoms with Crippen molar-refractivity contribution in [2.45, 2.75) is 32.8 Å². The lowest BCUT2D eigenvalue weighted by Crippen LogP contribution is -2.03. The highest BCUT2D eigenvalue weighted by molar-refractivity contribution is 9.10. The van der Waals surface area contributed by atoms with Gasteiger partial charge in [0.05, 0.1) is 20.3 Å². The first kappa shape index (κ1) is 15.3. The minimum atomic E-state index is -0.510. The molecule has 0 bridgehead atoms. The Kier molecular flexibility index (Phi) is 5.96. The fourth-order valence-corrected chi connectivity index (χ4v) is 2.51. The zero-order valence-corrected chi connectivity index (χ0v) is 13.0. The van der Waals surface area contributed by atoms with E-state index in [0.29, 0.717) is 17.4 Å². The monoisotopic (exact) mass is 316 g/mol. The molecular formula is C14H21BrO3. The Morgan fingerprint density at radius 2 is 1.83 bits per heavy atom. The van der Waals surface area contributed by atoms with Crippen LogP contribution in [0.5, 0.6) is 11.5 Å². The zero-order valence-electron chi connectivity index (χ0n) is 11.4. The van der Waals surface area contributed by atoms with Crippen molar-refractivity contribution in [3.05, 3.63) is 22.2 Å². The van der Waals surface area contributed by atoms with Crippen molar-refractivity contribution in [1.82, 2.24) is 0 Å². The minimum Gasteiger partial charge on any atom is -0.495 e. The van der Waals surface area contributed by atoms with Crippen LogP contribution in [-0.2, 0) is 0 Å². The number of rotatable bonds is 6. The van der Waals surface area contributed by atoms with Gasteiger partial charge in [0.25, 0.3) is 0 Å². The molecule has 0 saturated carbocycles. The van der Waals surface area contributed by atoms with Crippen LogP contribution in [0.15, 0.2) is 16.6 Å². The summed E-state index contributed by atoms with van der Waals surface area (Å²) in [5.41, 5.74) is 0.797. The first-order chi connectivity index (χ1) is 8.51. The van der Waals surface area contributed by atoms with Crippen LogP contribution in [-0.4, -0.2) is 19.3 Å². The summed E-state index contributed by atoms with van der Waals surface area (Å²) in [7, 11) is 3.20. The lowest BCUT2D eigenvalue weighted by atomic mass is 9.99. The minimum absolute atomic E-state index is 0.510. The Hall–Kier alpha value is -0.740. The summed E-state index contributed by atoms with van der Waals surface area (Å²) in [6, 6.07) is 3.69. The SMILES string of the molecule is COc1ccc(C(O)CCC(C)C)c(OC)c1Br. The van der Waals surface area contributed by atoms with Crippen LogP contribution in [0.2, 0.25) is 0 Å². The van der Waals surface area contributed by atoms with Crippen molar-refractivity contribution in [2.75, 3.05) is 14.2 Å². The average molecular weight is 317 g/mol. The summed E-state index contributed by atoms with van der Waals surface area (Å²) >= 11 is 3.44. The highest BCUT2D eigenvalue weighted by Crippen LogP contribution is 2.40. The van der Waals surface area contributed by atoms with Gasteiger partial charge in [-0.2, -0.15) is 0 Å². The molecule has 0 aliphatic rings. The molecule has 3 nitrogen and oxygen atoms in total. The number of hydrogen-bond acceptors (Lipinski definition) is 3. The van der Waals surface area contributed by atoms with Gasteiger partial charge >= 0.3 is 0 Å². The molecule has 102 valence electrons. The quantitative estimate of drug-likeness (QED) is 0.864.